The quantitative estimate of drug-likeness (QED) is 0.568. The third-order valence-corrected chi connectivity index (χ3v) is 2.95. The van der Waals surface area contributed by atoms with Crippen molar-refractivity contribution in [2.24, 2.45) is 5.41 Å². The zero-order valence-corrected chi connectivity index (χ0v) is 7.23. The first-order valence-corrected chi connectivity index (χ1v) is 4.42. The van der Waals surface area contributed by atoms with Crippen molar-refractivity contribution in [3.63, 3.8) is 0 Å². The zero-order chi connectivity index (χ0) is 8.32. The summed E-state index contributed by atoms with van der Waals surface area (Å²) in [6.07, 6.45) is 7.07. The molecule has 0 amide bonds. The van der Waals surface area contributed by atoms with E-state index in [2.05, 4.69) is 13.5 Å². The lowest BCUT2D eigenvalue weighted by Gasteiger charge is -2.23. The van der Waals surface area contributed by atoms with Crippen LogP contribution in [0.5, 0.6) is 0 Å². The van der Waals surface area contributed by atoms with Gasteiger partial charge in [-0.1, -0.05) is 26.3 Å². The Hall–Kier alpha value is -0.590. The van der Waals surface area contributed by atoms with E-state index in [0.717, 1.165) is 19.3 Å². The van der Waals surface area contributed by atoms with Gasteiger partial charge in [0.1, 0.15) is 0 Å². The molecule has 0 atom stereocenters. The summed E-state index contributed by atoms with van der Waals surface area (Å²) in [5.74, 6) is 0.262. The lowest BCUT2D eigenvalue weighted by Crippen LogP contribution is -2.25. The molecule has 0 bridgehead atoms. The average molecular weight is 152 g/mol. The topological polar surface area (TPSA) is 17.1 Å². The molecule has 1 aliphatic rings. The first-order valence-electron chi connectivity index (χ1n) is 4.42. The van der Waals surface area contributed by atoms with Gasteiger partial charge in [-0.2, -0.15) is 0 Å². The summed E-state index contributed by atoms with van der Waals surface area (Å²) in [6.45, 7) is 5.65. The SMILES string of the molecule is C=CC(=O)C1(CC)CCCC1. The Bertz CT molecular complexity index is 164. The van der Waals surface area contributed by atoms with Crippen molar-refractivity contribution in [3.8, 4) is 0 Å². The normalized spacial score (nSPS) is 21.5. The molecule has 1 aliphatic carbocycles. The van der Waals surface area contributed by atoms with E-state index in [1.54, 1.807) is 0 Å². The van der Waals surface area contributed by atoms with Crippen LogP contribution in [0.2, 0.25) is 0 Å². The summed E-state index contributed by atoms with van der Waals surface area (Å²) in [5.41, 5.74) is -0.0122. The van der Waals surface area contributed by atoms with Crippen LogP contribution in [-0.4, -0.2) is 5.78 Å². The minimum Gasteiger partial charge on any atom is -0.294 e. The zero-order valence-electron chi connectivity index (χ0n) is 7.23. The highest BCUT2D eigenvalue weighted by Crippen LogP contribution is 2.41. The number of carbonyl (C=O) groups excluding carboxylic acids is 1. The van der Waals surface area contributed by atoms with Gasteiger partial charge >= 0.3 is 0 Å². The summed E-state index contributed by atoms with van der Waals surface area (Å²) in [6, 6.07) is 0. The average Bonchev–Trinajstić information content (AvgIpc) is 2.52. The van der Waals surface area contributed by atoms with Gasteiger partial charge in [-0.3, -0.25) is 4.79 Å². The van der Waals surface area contributed by atoms with Crippen molar-refractivity contribution in [1.29, 1.82) is 0 Å². The third kappa shape index (κ3) is 1.37. The second kappa shape index (κ2) is 3.21. The molecule has 0 N–H and O–H groups in total. The van der Waals surface area contributed by atoms with Crippen molar-refractivity contribution in [3.05, 3.63) is 12.7 Å². The first-order chi connectivity index (χ1) is 5.25. The predicted molar refractivity (Wildman–Crippen MR) is 46.4 cm³/mol. The van der Waals surface area contributed by atoms with Gasteiger partial charge in [-0.15, -0.1) is 0 Å². The summed E-state index contributed by atoms with van der Waals surface area (Å²) in [4.78, 5) is 11.4. The van der Waals surface area contributed by atoms with Crippen LogP contribution in [-0.2, 0) is 4.79 Å². The summed E-state index contributed by atoms with van der Waals surface area (Å²) in [5, 5.41) is 0. The molecule has 62 valence electrons. The fourth-order valence-corrected chi connectivity index (χ4v) is 2.04. The van der Waals surface area contributed by atoms with Gasteiger partial charge in [0.05, 0.1) is 0 Å². The number of hydrogen-bond acceptors (Lipinski definition) is 1. The van der Waals surface area contributed by atoms with Crippen molar-refractivity contribution >= 4 is 5.78 Å². The van der Waals surface area contributed by atoms with Crippen molar-refractivity contribution in [2.45, 2.75) is 39.0 Å². The van der Waals surface area contributed by atoms with Crippen LogP contribution in [0.15, 0.2) is 12.7 Å². The fraction of sp³-hybridized carbons (Fsp3) is 0.700. The highest BCUT2D eigenvalue weighted by Gasteiger charge is 2.37. The second-order valence-corrected chi connectivity index (χ2v) is 3.41. The summed E-state index contributed by atoms with van der Waals surface area (Å²) in [7, 11) is 0. The number of carbonyl (C=O) groups is 1. The Balaban J connectivity index is 2.73. The molecule has 11 heavy (non-hydrogen) atoms. The molecule has 0 radical (unpaired) electrons. The van der Waals surface area contributed by atoms with Gasteiger partial charge in [0.2, 0.25) is 0 Å². The molecule has 1 fully saturated rings. The molecule has 0 aromatic rings. The minimum absolute atomic E-state index is 0.0122. The molecule has 1 rings (SSSR count). The van der Waals surface area contributed by atoms with E-state index in [1.807, 2.05) is 0 Å². The predicted octanol–water partition coefficient (Wildman–Crippen LogP) is 2.71. The molecule has 1 nitrogen and oxygen atoms in total. The van der Waals surface area contributed by atoms with E-state index in [1.165, 1.54) is 18.9 Å². The van der Waals surface area contributed by atoms with E-state index in [9.17, 15) is 4.79 Å². The molecule has 0 unspecified atom stereocenters. The van der Waals surface area contributed by atoms with Crippen LogP contribution in [0.4, 0.5) is 0 Å². The number of hydrogen-bond donors (Lipinski definition) is 0. The largest absolute Gasteiger partial charge is 0.294 e. The fourth-order valence-electron chi connectivity index (χ4n) is 2.04. The maximum absolute atomic E-state index is 11.4. The molecule has 0 saturated heterocycles. The van der Waals surface area contributed by atoms with Gasteiger partial charge in [-0.25, -0.2) is 0 Å². The van der Waals surface area contributed by atoms with Crippen LogP contribution < -0.4 is 0 Å². The Labute approximate surface area is 68.5 Å². The van der Waals surface area contributed by atoms with Crippen molar-refractivity contribution < 1.29 is 4.79 Å². The molecular formula is C10H16O. The lowest BCUT2D eigenvalue weighted by molar-refractivity contribution is -0.123. The molecule has 0 heterocycles. The minimum atomic E-state index is -0.0122. The lowest BCUT2D eigenvalue weighted by atomic mass is 9.79. The van der Waals surface area contributed by atoms with Crippen LogP contribution in [0.25, 0.3) is 0 Å². The van der Waals surface area contributed by atoms with E-state index < -0.39 is 0 Å². The molecule has 0 aromatic carbocycles. The highest BCUT2D eigenvalue weighted by atomic mass is 16.1. The Morgan fingerprint density at radius 1 is 1.55 bits per heavy atom. The Morgan fingerprint density at radius 2 is 2.09 bits per heavy atom. The first kappa shape index (κ1) is 8.51. The number of ketones is 1. The monoisotopic (exact) mass is 152 g/mol. The van der Waals surface area contributed by atoms with Crippen LogP contribution in [0.1, 0.15) is 39.0 Å². The third-order valence-electron chi connectivity index (χ3n) is 2.95. The summed E-state index contributed by atoms with van der Waals surface area (Å²) >= 11 is 0. The Morgan fingerprint density at radius 3 is 2.45 bits per heavy atom. The molecule has 0 spiro atoms. The number of allylic oxidation sites excluding steroid dienone is 1. The van der Waals surface area contributed by atoms with Gasteiger partial charge in [0, 0.05) is 5.41 Å². The van der Waals surface area contributed by atoms with Crippen molar-refractivity contribution in [2.75, 3.05) is 0 Å². The molecule has 0 aromatic heterocycles. The smallest absolute Gasteiger partial charge is 0.161 e. The highest BCUT2D eigenvalue weighted by molar-refractivity contribution is 5.94. The maximum atomic E-state index is 11.4. The van der Waals surface area contributed by atoms with Gasteiger partial charge in [0.15, 0.2) is 5.78 Å². The van der Waals surface area contributed by atoms with E-state index in [4.69, 9.17) is 0 Å². The van der Waals surface area contributed by atoms with E-state index in [0.29, 0.717) is 0 Å². The molecular weight excluding hydrogens is 136 g/mol. The van der Waals surface area contributed by atoms with Crippen LogP contribution in [0.3, 0.4) is 0 Å². The van der Waals surface area contributed by atoms with Crippen molar-refractivity contribution in [1.82, 2.24) is 0 Å². The van der Waals surface area contributed by atoms with Gasteiger partial charge < -0.3 is 0 Å². The maximum Gasteiger partial charge on any atom is 0.161 e. The standard InChI is InChI=1S/C10H16O/c1-3-9(11)10(4-2)7-5-6-8-10/h3H,1,4-8H2,2H3. The molecule has 1 saturated carbocycles. The summed E-state index contributed by atoms with van der Waals surface area (Å²) < 4.78 is 0. The Kier molecular flexibility index (Phi) is 2.48. The van der Waals surface area contributed by atoms with Gasteiger partial charge in [-0.05, 0) is 25.3 Å². The second-order valence-electron chi connectivity index (χ2n) is 3.41. The van der Waals surface area contributed by atoms with Crippen LogP contribution >= 0.6 is 0 Å². The molecule has 0 aliphatic heterocycles. The van der Waals surface area contributed by atoms with Gasteiger partial charge in [0.25, 0.3) is 0 Å². The van der Waals surface area contributed by atoms with Crippen LogP contribution in [0, 0.1) is 5.41 Å². The number of rotatable bonds is 3. The van der Waals surface area contributed by atoms with E-state index >= 15 is 0 Å². The van der Waals surface area contributed by atoms with E-state index in [-0.39, 0.29) is 11.2 Å². The molecule has 1 heteroatoms.